The lowest BCUT2D eigenvalue weighted by atomic mass is 10.0. The molecule has 3 rings (SSSR count). The number of esters is 1. The van der Waals surface area contributed by atoms with Gasteiger partial charge in [0, 0.05) is 17.7 Å². The molecule has 1 heterocycles. The van der Waals surface area contributed by atoms with Gasteiger partial charge < -0.3 is 14.6 Å². The van der Waals surface area contributed by atoms with Crippen molar-refractivity contribution in [3.8, 4) is 11.5 Å². The van der Waals surface area contributed by atoms with Crippen LogP contribution in [0, 0.1) is 0 Å². The summed E-state index contributed by atoms with van der Waals surface area (Å²) in [5.74, 6) is -0.747. The summed E-state index contributed by atoms with van der Waals surface area (Å²) in [6, 6.07) is 14.9. The van der Waals surface area contributed by atoms with E-state index in [-0.39, 0.29) is 29.6 Å². The zero-order valence-electron chi connectivity index (χ0n) is 14.2. The van der Waals surface area contributed by atoms with Gasteiger partial charge in [-0.1, -0.05) is 30.3 Å². The Bertz CT molecular complexity index is 946. The molecule has 5 nitrogen and oxygen atoms in total. The van der Waals surface area contributed by atoms with Gasteiger partial charge in [-0.15, -0.1) is 0 Å². The van der Waals surface area contributed by atoms with E-state index in [1.807, 2.05) is 22.9 Å². The highest BCUT2D eigenvalue weighted by atomic mass is 32.1. The Balaban J connectivity index is 1.55. The number of phenols is 1. The average molecular weight is 380 g/mol. The van der Waals surface area contributed by atoms with Gasteiger partial charge in [-0.05, 0) is 40.6 Å². The second kappa shape index (κ2) is 8.82. The predicted molar refractivity (Wildman–Crippen MR) is 103 cm³/mol. The highest BCUT2D eigenvalue weighted by Gasteiger charge is 2.14. The molecular weight excluding hydrogens is 364 g/mol. The SMILES string of the molecule is O=C(C=Cc1ccsc1)OCOc1ccc(C(=O)c2ccccc2)c(O)c1. The number of benzene rings is 2. The van der Waals surface area contributed by atoms with Crippen LogP contribution in [0.3, 0.4) is 0 Å². The highest BCUT2D eigenvalue weighted by Crippen LogP contribution is 2.26. The van der Waals surface area contributed by atoms with Crippen LogP contribution < -0.4 is 4.74 Å². The van der Waals surface area contributed by atoms with Crippen molar-refractivity contribution in [3.05, 3.63) is 88.1 Å². The number of rotatable bonds is 7. The number of aromatic hydroxyl groups is 1. The molecule has 0 aliphatic heterocycles. The molecule has 0 spiro atoms. The van der Waals surface area contributed by atoms with Crippen molar-refractivity contribution < 1.29 is 24.2 Å². The highest BCUT2D eigenvalue weighted by molar-refractivity contribution is 7.08. The molecule has 0 aliphatic rings. The fourth-order valence-corrected chi connectivity index (χ4v) is 2.90. The number of phenolic OH excluding ortho intramolecular Hbond substituents is 1. The maximum Gasteiger partial charge on any atom is 0.333 e. The minimum atomic E-state index is -0.540. The first-order valence-electron chi connectivity index (χ1n) is 8.06. The molecule has 0 atom stereocenters. The van der Waals surface area contributed by atoms with Crippen molar-refractivity contribution in [2.24, 2.45) is 0 Å². The van der Waals surface area contributed by atoms with Crippen LogP contribution in [0.4, 0.5) is 0 Å². The molecular formula is C21H16O5S. The number of ketones is 1. The molecule has 136 valence electrons. The molecule has 0 bridgehead atoms. The standard InChI is InChI=1S/C21H16O5S/c22-19-12-17(7-8-18(19)21(24)16-4-2-1-3-5-16)25-14-26-20(23)9-6-15-10-11-27-13-15/h1-13,22H,14H2. The van der Waals surface area contributed by atoms with Crippen LogP contribution in [0.15, 0.2) is 71.4 Å². The lowest BCUT2D eigenvalue weighted by Crippen LogP contribution is -2.08. The lowest BCUT2D eigenvalue weighted by Gasteiger charge is -2.09. The molecule has 1 N–H and O–H groups in total. The van der Waals surface area contributed by atoms with Crippen LogP contribution in [-0.2, 0) is 9.53 Å². The van der Waals surface area contributed by atoms with E-state index in [1.54, 1.807) is 30.3 Å². The largest absolute Gasteiger partial charge is 0.507 e. The topological polar surface area (TPSA) is 72.8 Å². The molecule has 0 saturated carbocycles. The van der Waals surface area contributed by atoms with Crippen LogP contribution in [0.1, 0.15) is 21.5 Å². The van der Waals surface area contributed by atoms with Crippen LogP contribution in [-0.4, -0.2) is 23.7 Å². The second-order valence-corrected chi connectivity index (χ2v) is 6.27. The van der Waals surface area contributed by atoms with Crippen molar-refractivity contribution in [1.82, 2.24) is 0 Å². The van der Waals surface area contributed by atoms with Gasteiger partial charge in [0.1, 0.15) is 11.5 Å². The van der Waals surface area contributed by atoms with Gasteiger partial charge in [0.15, 0.2) is 5.78 Å². The van der Waals surface area contributed by atoms with Gasteiger partial charge in [0.2, 0.25) is 6.79 Å². The van der Waals surface area contributed by atoms with Crippen LogP contribution in [0.5, 0.6) is 11.5 Å². The summed E-state index contributed by atoms with van der Waals surface area (Å²) in [7, 11) is 0. The summed E-state index contributed by atoms with van der Waals surface area (Å²) in [5, 5.41) is 13.9. The maximum atomic E-state index is 12.4. The Morgan fingerprint density at radius 2 is 1.89 bits per heavy atom. The number of hydrogen-bond donors (Lipinski definition) is 1. The summed E-state index contributed by atoms with van der Waals surface area (Å²) in [6.07, 6.45) is 2.96. The Labute approximate surface area is 160 Å². The van der Waals surface area contributed by atoms with E-state index in [1.165, 1.54) is 35.6 Å². The summed E-state index contributed by atoms with van der Waals surface area (Å²) in [4.78, 5) is 24.0. The molecule has 6 heteroatoms. The first-order chi connectivity index (χ1) is 13.1. The molecule has 0 radical (unpaired) electrons. The number of carbonyl (C=O) groups excluding carboxylic acids is 2. The van der Waals surface area contributed by atoms with Gasteiger partial charge >= 0.3 is 5.97 Å². The first-order valence-corrected chi connectivity index (χ1v) is 9.00. The van der Waals surface area contributed by atoms with Crippen molar-refractivity contribution in [1.29, 1.82) is 0 Å². The summed E-state index contributed by atoms with van der Waals surface area (Å²) in [6.45, 7) is -0.307. The minimum absolute atomic E-state index is 0.171. The monoisotopic (exact) mass is 380 g/mol. The van der Waals surface area contributed by atoms with Gasteiger partial charge in [0.25, 0.3) is 0 Å². The molecule has 0 saturated heterocycles. The maximum absolute atomic E-state index is 12.4. The van der Waals surface area contributed by atoms with Crippen molar-refractivity contribution >= 4 is 29.2 Å². The Kier molecular flexibility index (Phi) is 6.02. The zero-order valence-corrected chi connectivity index (χ0v) is 15.0. The average Bonchev–Trinajstić information content (AvgIpc) is 3.20. The molecule has 0 amide bonds. The van der Waals surface area contributed by atoms with E-state index in [4.69, 9.17) is 9.47 Å². The van der Waals surface area contributed by atoms with Gasteiger partial charge in [-0.2, -0.15) is 11.3 Å². The third-order valence-corrected chi connectivity index (χ3v) is 4.33. The molecule has 1 aromatic heterocycles. The Hall–Kier alpha value is -3.38. The summed E-state index contributed by atoms with van der Waals surface area (Å²) in [5.41, 5.74) is 1.57. The molecule has 0 aliphatic carbocycles. The fourth-order valence-electron chi connectivity index (χ4n) is 2.28. The Morgan fingerprint density at radius 3 is 2.59 bits per heavy atom. The van der Waals surface area contributed by atoms with E-state index >= 15 is 0 Å². The molecule has 2 aromatic carbocycles. The van der Waals surface area contributed by atoms with Gasteiger partial charge in [-0.3, -0.25) is 4.79 Å². The quantitative estimate of drug-likeness (QED) is 0.287. The van der Waals surface area contributed by atoms with E-state index < -0.39 is 5.97 Å². The van der Waals surface area contributed by atoms with E-state index in [2.05, 4.69) is 0 Å². The molecule has 0 fully saturated rings. The summed E-state index contributed by atoms with van der Waals surface area (Å²) >= 11 is 1.53. The zero-order chi connectivity index (χ0) is 19.1. The molecule has 3 aromatic rings. The van der Waals surface area contributed by atoms with Crippen molar-refractivity contribution in [2.75, 3.05) is 6.79 Å². The third-order valence-electron chi connectivity index (χ3n) is 3.63. The van der Waals surface area contributed by atoms with E-state index in [0.29, 0.717) is 5.56 Å². The fraction of sp³-hybridized carbons (Fsp3) is 0.0476. The van der Waals surface area contributed by atoms with E-state index in [9.17, 15) is 14.7 Å². The Morgan fingerprint density at radius 1 is 1.07 bits per heavy atom. The van der Waals surface area contributed by atoms with Crippen molar-refractivity contribution in [3.63, 3.8) is 0 Å². The summed E-state index contributed by atoms with van der Waals surface area (Å²) < 4.78 is 10.2. The van der Waals surface area contributed by atoms with Crippen LogP contribution in [0.25, 0.3) is 6.08 Å². The number of hydrogen-bond acceptors (Lipinski definition) is 6. The number of ether oxygens (including phenoxy) is 2. The van der Waals surface area contributed by atoms with Crippen molar-refractivity contribution in [2.45, 2.75) is 0 Å². The van der Waals surface area contributed by atoms with Gasteiger partial charge in [0.05, 0.1) is 5.56 Å². The smallest absolute Gasteiger partial charge is 0.333 e. The third kappa shape index (κ3) is 5.05. The van der Waals surface area contributed by atoms with Crippen LogP contribution >= 0.6 is 11.3 Å². The minimum Gasteiger partial charge on any atom is -0.507 e. The molecule has 0 unspecified atom stereocenters. The molecule has 27 heavy (non-hydrogen) atoms. The first kappa shape index (κ1) is 18.4. The number of carbonyl (C=O) groups is 2. The lowest BCUT2D eigenvalue weighted by molar-refractivity contribution is -0.144. The van der Waals surface area contributed by atoms with Crippen LogP contribution in [0.2, 0.25) is 0 Å². The van der Waals surface area contributed by atoms with E-state index in [0.717, 1.165) is 5.56 Å². The number of thiophene rings is 1. The second-order valence-electron chi connectivity index (χ2n) is 5.49. The normalized spacial score (nSPS) is 10.7. The van der Waals surface area contributed by atoms with Gasteiger partial charge in [-0.25, -0.2) is 4.79 Å². The predicted octanol–water partition coefficient (Wildman–Crippen LogP) is 4.28.